The summed E-state index contributed by atoms with van der Waals surface area (Å²) in [4.78, 5) is 12.1. The number of carbonyl (C=O) groups excluding carboxylic acids is 1. The Morgan fingerprint density at radius 1 is 0.931 bits per heavy atom. The van der Waals surface area contributed by atoms with E-state index in [0.717, 1.165) is 16.9 Å². The van der Waals surface area contributed by atoms with E-state index in [9.17, 15) is 9.18 Å². The fraction of sp³-hybridized carbons (Fsp3) is 0.125. The van der Waals surface area contributed by atoms with Crippen molar-refractivity contribution in [1.82, 2.24) is 4.57 Å². The molecular formula is C24H20FNO3. The van der Waals surface area contributed by atoms with Gasteiger partial charge in [0.1, 0.15) is 18.2 Å². The van der Waals surface area contributed by atoms with Crippen molar-refractivity contribution in [3.8, 4) is 5.75 Å². The average molecular weight is 389 g/mol. The van der Waals surface area contributed by atoms with Crippen molar-refractivity contribution in [1.29, 1.82) is 0 Å². The lowest BCUT2D eigenvalue weighted by Gasteiger charge is -2.11. The van der Waals surface area contributed by atoms with Crippen LogP contribution in [-0.2, 0) is 17.9 Å². The van der Waals surface area contributed by atoms with Gasteiger partial charge in [-0.2, -0.15) is 0 Å². The van der Waals surface area contributed by atoms with Crippen LogP contribution in [0.3, 0.4) is 0 Å². The topological polar surface area (TPSA) is 40.5 Å². The van der Waals surface area contributed by atoms with Crippen LogP contribution in [0.1, 0.15) is 21.5 Å². The third-order valence-electron chi connectivity index (χ3n) is 4.80. The first-order chi connectivity index (χ1) is 14.2. The van der Waals surface area contributed by atoms with Crippen molar-refractivity contribution < 1.29 is 18.7 Å². The number of hydrogen-bond acceptors (Lipinski definition) is 3. The Bertz CT molecular complexity index is 1130. The molecule has 0 aliphatic heterocycles. The van der Waals surface area contributed by atoms with E-state index in [1.54, 1.807) is 12.3 Å². The molecule has 4 rings (SSSR count). The Balaban J connectivity index is 1.54. The normalized spacial score (nSPS) is 10.8. The maximum absolute atomic E-state index is 14.2. The molecule has 0 radical (unpaired) electrons. The van der Waals surface area contributed by atoms with Gasteiger partial charge in [0.05, 0.1) is 18.2 Å². The van der Waals surface area contributed by atoms with Crippen molar-refractivity contribution in [2.24, 2.45) is 0 Å². The molecule has 3 aromatic carbocycles. The minimum atomic E-state index is -0.486. The van der Waals surface area contributed by atoms with E-state index in [0.29, 0.717) is 29.6 Å². The van der Waals surface area contributed by atoms with E-state index in [4.69, 9.17) is 9.47 Å². The molecule has 146 valence electrons. The van der Waals surface area contributed by atoms with Crippen molar-refractivity contribution >= 4 is 16.9 Å². The van der Waals surface area contributed by atoms with E-state index in [1.807, 2.05) is 59.2 Å². The summed E-state index contributed by atoms with van der Waals surface area (Å²) >= 11 is 0. The minimum Gasteiger partial charge on any atom is -0.489 e. The monoisotopic (exact) mass is 389 g/mol. The van der Waals surface area contributed by atoms with Crippen LogP contribution in [0.15, 0.2) is 79.0 Å². The quantitative estimate of drug-likeness (QED) is 0.426. The molecular weight excluding hydrogens is 369 g/mol. The van der Waals surface area contributed by atoms with E-state index in [-0.39, 0.29) is 5.82 Å². The molecule has 1 heterocycles. The van der Waals surface area contributed by atoms with Gasteiger partial charge in [0.2, 0.25) is 0 Å². The maximum atomic E-state index is 14.2. The molecule has 0 spiro atoms. The summed E-state index contributed by atoms with van der Waals surface area (Å²) in [5.74, 6) is -0.0769. The lowest BCUT2D eigenvalue weighted by molar-refractivity contribution is 0.0602. The van der Waals surface area contributed by atoms with Gasteiger partial charge in [0, 0.05) is 18.1 Å². The summed E-state index contributed by atoms with van der Waals surface area (Å²) in [5.41, 5.74) is 2.99. The molecule has 0 N–H and O–H groups in total. The molecule has 4 aromatic rings. The molecule has 0 amide bonds. The Morgan fingerprint density at radius 3 is 2.41 bits per heavy atom. The van der Waals surface area contributed by atoms with Gasteiger partial charge in [-0.25, -0.2) is 9.18 Å². The Hall–Kier alpha value is -3.60. The molecule has 0 bridgehead atoms. The number of rotatable bonds is 6. The highest BCUT2D eigenvalue weighted by atomic mass is 19.1. The molecule has 1 aromatic heterocycles. The van der Waals surface area contributed by atoms with Gasteiger partial charge in [-0.1, -0.05) is 42.5 Å². The Kier molecular flexibility index (Phi) is 5.29. The standard InChI is InChI=1S/C24H20FNO3/c1-28-24(27)21-11-12-22(25)20-13-14-26(23(20)21)15-17-7-9-19(10-8-17)29-16-18-5-3-2-4-6-18/h2-14H,15-16H2,1H3. The molecule has 0 unspecified atom stereocenters. The predicted molar refractivity (Wildman–Crippen MR) is 110 cm³/mol. The first kappa shape index (κ1) is 18.7. The van der Waals surface area contributed by atoms with Crippen LogP contribution in [-0.4, -0.2) is 17.6 Å². The van der Waals surface area contributed by atoms with Crippen LogP contribution in [0.2, 0.25) is 0 Å². The van der Waals surface area contributed by atoms with Crippen molar-refractivity contribution in [3.63, 3.8) is 0 Å². The molecule has 0 aliphatic rings. The predicted octanol–water partition coefficient (Wildman–Crippen LogP) is 5.19. The van der Waals surface area contributed by atoms with Gasteiger partial charge in [0.25, 0.3) is 0 Å². The summed E-state index contributed by atoms with van der Waals surface area (Å²) in [6.07, 6.45) is 1.78. The number of carbonyl (C=O) groups is 1. The number of ether oxygens (including phenoxy) is 2. The maximum Gasteiger partial charge on any atom is 0.340 e. The molecule has 4 nitrogen and oxygen atoms in total. The highest BCUT2D eigenvalue weighted by Gasteiger charge is 2.17. The van der Waals surface area contributed by atoms with E-state index >= 15 is 0 Å². The first-order valence-electron chi connectivity index (χ1n) is 9.27. The molecule has 0 atom stereocenters. The molecule has 5 heteroatoms. The van der Waals surface area contributed by atoms with Crippen LogP contribution < -0.4 is 4.74 Å². The second-order valence-corrected chi connectivity index (χ2v) is 6.71. The summed E-state index contributed by atoms with van der Waals surface area (Å²) < 4.78 is 26.7. The number of halogens is 1. The Labute approximate surface area is 168 Å². The second-order valence-electron chi connectivity index (χ2n) is 6.71. The van der Waals surface area contributed by atoms with Crippen LogP contribution >= 0.6 is 0 Å². The van der Waals surface area contributed by atoms with E-state index in [1.165, 1.54) is 19.2 Å². The van der Waals surface area contributed by atoms with Gasteiger partial charge in [-0.15, -0.1) is 0 Å². The number of methoxy groups -OCH3 is 1. The zero-order chi connectivity index (χ0) is 20.2. The van der Waals surface area contributed by atoms with Gasteiger partial charge >= 0.3 is 5.97 Å². The lowest BCUT2D eigenvalue weighted by atomic mass is 10.1. The smallest absolute Gasteiger partial charge is 0.340 e. The van der Waals surface area contributed by atoms with Gasteiger partial charge in [-0.05, 0) is 41.5 Å². The number of benzene rings is 3. The zero-order valence-electron chi connectivity index (χ0n) is 16.0. The van der Waals surface area contributed by atoms with E-state index in [2.05, 4.69) is 0 Å². The van der Waals surface area contributed by atoms with Crippen LogP contribution in [0, 0.1) is 5.82 Å². The fourth-order valence-electron chi connectivity index (χ4n) is 3.33. The SMILES string of the molecule is COC(=O)c1ccc(F)c2ccn(Cc3ccc(OCc4ccccc4)cc3)c12. The number of aromatic nitrogens is 1. The fourth-order valence-corrected chi connectivity index (χ4v) is 3.33. The highest BCUT2D eigenvalue weighted by molar-refractivity contribution is 6.03. The zero-order valence-corrected chi connectivity index (χ0v) is 16.0. The number of esters is 1. The van der Waals surface area contributed by atoms with Gasteiger partial charge in [0.15, 0.2) is 0 Å². The lowest BCUT2D eigenvalue weighted by Crippen LogP contribution is -2.07. The van der Waals surface area contributed by atoms with Gasteiger partial charge < -0.3 is 14.0 Å². The van der Waals surface area contributed by atoms with E-state index < -0.39 is 5.97 Å². The molecule has 0 saturated heterocycles. The Morgan fingerprint density at radius 2 is 1.69 bits per heavy atom. The molecule has 29 heavy (non-hydrogen) atoms. The third-order valence-corrected chi connectivity index (χ3v) is 4.80. The highest BCUT2D eigenvalue weighted by Crippen LogP contribution is 2.25. The van der Waals surface area contributed by atoms with Crippen molar-refractivity contribution in [2.45, 2.75) is 13.2 Å². The number of nitrogens with zero attached hydrogens (tertiary/aromatic N) is 1. The van der Waals surface area contributed by atoms with Gasteiger partial charge in [-0.3, -0.25) is 0 Å². The summed E-state index contributed by atoms with van der Waals surface area (Å²) in [5, 5.41) is 0.399. The second kappa shape index (κ2) is 8.19. The molecule has 0 aliphatic carbocycles. The third kappa shape index (κ3) is 3.99. The number of hydrogen-bond donors (Lipinski definition) is 0. The largest absolute Gasteiger partial charge is 0.489 e. The average Bonchev–Trinajstić information content (AvgIpc) is 3.18. The molecule has 0 saturated carbocycles. The summed E-state index contributed by atoms with van der Waals surface area (Å²) in [6, 6.07) is 22.1. The van der Waals surface area contributed by atoms with Crippen LogP contribution in [0.4, 0.5) is 4.39 Å². The minimum absolute atomic E-state index is 0.344. The van der Waals surface area contributed by atoms with Crippen molar-refractivity contribution in [3.05, 3.63) is 102 Å². The van der Waals surface area contributed by atoms with Crippen LogP contribution in [0.25, 0.3) is 10.9 Å². The van der Waals surface area contributed by atoms with Crippen LogP contribution in [0.5, 0.6) is 5.75 Å². The van der Waals surface area contributed by atoms with Crippen molar-refractivity contribution in [2.75, 3.05) is 7.11 Å². The first-order valence-corrected chi connectivity index (χ1v) is 9.27. The summed E-state index contributed by atoms with van der Waals surface area (Å²) in [6.45, 7) is 1.00. The summed E-state index contributed by atoms with van der Waals surface area (Å²) in [7, 11) is 1.32. The number of fused-ring (bicyclic) bond motifs is 1. The molecule has 0 fully saturated rings.